The molecule has 0 radical (unpaired) electrons. The van der Waals surface area contributed by atoms with Crippen LogP contribution < -0.4 is 5.43 Å². The molecule has 1 unspecified atom stereocenters. The maximum Gasteiger partial charge on any atom is 0.405 e. The molecular weight excluding hydrogens is 281 g/mol. The van der Waals surface area contributed by atoms with Gasteiger partial charge < -0.3 is 0 Å². The normalized spacial score (nSPS) is 18.0. The Hall–Kier alpha value is -0.780. The van der Waals surface area contributed by atoms with Crippen LogP contribution in [0.25, 0.3) is 0 Å². The predicted octanol–water partition coefficient (Wildman–Crippen LogP) is 4.19. The second-order valence-electron chi connectivity index (χ2n) is 5.80. The first kappa shape index (κ1) is 18.3. The molecule has 3 nitrogen and oxygen atoms in total. The van der Waals surface area contributed by atoms with Crippen molar-refractivity contribution in [2.75, 3.05) is 6.54 Å². The number of hydrogen-bond acceptors (Lipinski definition) is 2. The molecule has 6 heteroatoms. The van der Waals surface area contributed by atoms with Crippen LogP contribution >= 0.6 is 0 Å². The molecule has 21 heavy (non-hydrogen) atoms. The number of carbonyl (C=O) groups excluding carboxylic acids is 1. The lowest BCUT2D eigenvalue weighted by molar-refractivity contribution is -0.190. The van der Waals surface area contributed by atoms with E-state index in [1.165, 1.54) is 25.7 Å². The van der Waals surface area contributed by atoms with Gasteiger partial charge in [-0.15, -0.1) is 0 Å². The first-order valence-electron chi connectivity index (χ1n) is 8.08. The van der Waals surface area contributed by atoms with Gasteiger partial charge in [-0.05, 0) is 6.42 Å². The van der Waals surface area contributed by atoms with Crippen LogP contribution in [0.15, 0.2) is 0 Å². The summed E-state index contributed by atoms with van der Waals surface area (Å²) in [4.78, 5) is 11.1. The van der Waals surface area contributed by atoms with Gasteiger partial charge in [-0.2, -0.15) is 13.2 Å². The smallest absolute Gasteiger partial charge is 0.288 e. The Bertz CT molecular complexity index is 308. The fraction of sp³-hybridized carbons (Fsp3) is 0.933. The number of carbonyl (C=O) groups is 1. The second kappa shape index (κ2) is 9.28. The van der Waals surface area contributed by atoms with Crippen molar-refractivity contribution in [3.63, 3.8) is 0 Å². The number of alkyl halides is 3. The number of hydrazine groups is 1. The Kier molecular flexibility index (Phi) is 8.07. The van der Waals surface area contributed by atoms with Crippen LogP contribution in [0.1, 0.15) is 71.1 Å². The van der Waals surface area contributed by atoms with Crippen molar-refractivity contribution >= 4 is 5.91 Å². The number of halogens is 3. The molecule has 0 spiro atoms. The van der Waals surface area contributed by atoms with Crippen molar-refractivity contribution in [2.24, 2.45) is 0 Å². The minimum Gasteiger partial charge on any atom is -0.288 e. The van der Waals surface area contributed by atoms with Crippen LogP contribution in [0.3, 0.4) is 0 Å². The lowest BCUT2D eigenvalue weighted by atomic mass is 10.0. The van der Waals surface area contributed by atoms with Gasteiger partial charge in [0.15, 0.2) is 0 Å². The Morgan fingerprint density at radius 3 is 2.14 bits per heavy atom. The quantitative estimate of drug-likeness (QED) is 0.614. The lowest BCUT2D eigenvalue weighted by Crippen LogP contribution is -2.49. The third-order valence-electron chi connectivity index (χ3n) is 3.93. The highest BCUT2D eigenvalue weighted by Crippen LogP contribution is 2.29. The average Bonchev–Trinajstić information content (AvgIpc) is 2.81. The van der Waals surface area contributed by atoms with Gasteiger partial charge in [-0.1, -0.05) is 58.3 Å². The Labute approximate surface area is 125 Å². The van der Waals surface area contributed by atoms with E-state index in [1.54, 1.807) is 0 Å². The van der Waals surface area contributed by atoms with E-state index >= 15 is 0 Å². The van der Waals surface area contributed by atoms with Crippen LogP contribution in [0.2, 0.25) is 0 Å². The Balaban J connectivity index is 2.20. The molecule has 1 aliphatic heterocycles. The van der Waals surface area contributed by atoms with Crippen molar-refractivity contribution < 1.29 is 18.0 Å². The maximum absolute atomic E-state index is 13.0. The zero-order valence-electron chi connectivity index (χ0n) is 12.8. The highest BCUT2D eigenvalue weighted by Gasteiger charge is 2.45. The summed E-state index contributed by atoms with van der Waals surface area (Å²) in [5, 5.41) is 1.06. The molecule has 1 fully saturated rings. The van der Waals surface area contributed by atoms with Gasteiger partial charge in [0.25, 0.3) is 0 Å². The van der Waals surface area contributed by atoms with E-state index in [-0.39, 0.29) is 25.3 Å². The topological polar surface area (TPSA) is 32.3 Å². The molecule has 0 aromatic carbocycles. The van der Waals surface area contributed by atoms with Crippen LogP contribution in [0.4, 0.5) is 13.2 Å². The fourth-order valence-corrected chi connectivity index (χ4v) is 2.70. The summed E-state index contributed by atoms with van der Waals surface area (Å²) in [6.07, 6.45) is 4.30. The molecule has 0 saturated carbocycles. The Morgan fingerprint density at radius 2 is 1.67 bits per heavy atom. The SMILES string of the molecule is CCCCCCCCCCC(N1CCC(=O)N1)C(F)(F)F. The van der Waals surface area contributed by atoms with E-state index in [1.807, 2.05) is 0 Å². The summed E-state index contributed by atoms with van der Waals surface area (Å²) in [6.45, 7) is 2.31. The summed E-state index contributed by atoms with van der Waals surface area (Å²) >= 11 is 0. The summed E-state index contributed by atoms with van der Waals surface area (Å²) in [5.74, 6) is -0.319. The standard InChI is InChI=1S/C15H27F3N2O/c1-2-3-4-5-6-7-8-9-10-13(15(16,17)18)20-12-11-14(21)19-20/h13H,2-12H2,1H3,(H,19,21). The van der Waals surface area contributed by atoms with Crippen molar-refractivity contribution in [3.8, 4) is 0 Å². The zero-order valence-corrected chi connectivity index (χ0v) is 12.8. The minimum absolute atomic E-state index is 0.0682. The fourth-order valence-electron chi connectivity index (χ4n) is 2.70. The zero-order chi connectivity index (χ0) is 15.7. The molecule has 1 amide bonds. The van der Waals surface area contributed by atoms with Crippen molar-refractivity contribution in [3.05, 3.63) is 0 Å². The van der Waals surface area contributed by atoms with Gasteiger partial charge in [0.1, 0.15) is 6.04 Å². The van der Waals surface area contributed by atoms with Gasteiger partial charge in [0, 0.05) is 13.0 Å². The molecule has 1 N–H and O–H groups in total. The van der Waals surface area contributed by atoms with E-state index in [0.717, 1.165) is 24.3 Å². The van der Waals surface area contributed by atoms with Gasteiger partial charge in [-0.25, -0.2) is 5.01 Å². The van der Waals surface area contributed by atoms with Crippen molar-refractivity contribution in [2.45, 2.75) is 83.4 Å². The number of unbranched alkanes of at least 4 members (excludes halogenated alkanes) is 7. The molecule has 1 atom stereocenters. The highest BCUT2D eigenvalue weighted by molar-refractivity contribution is 5.77. The van der Waals surface area contributed by atoms with E-state index in [0.29, 0.717) is 6.42 Å². The number of amides is 1. The average molecular weight is 308 g/mol. The second-order valence-corrected chi connectivity index (χ2v) is 5.80. The van der Waals surface area contributed by atoms with E-state index in [4.69, 9.17) is 0 Å². The van der Waals surface area contributed by atoms with Crippen LogP contribution in [-0.2, 0) is 4.79 Å². The maximum atomic E-state index is 13.0. The summed E-state index contributed by atoms with van der Waals surface area (Å²) in [5.41, 5.74) is 2.31. The van der Waals surface area contributed by atoms with Gasteiger partial charge in [0.05, 0.1) is 0 Å². The number of nitrogens with one attached hydrogen (secondary N) is 1. The molecule has 1 saturated heterocycles. The lowest BCUT2D eigenvalue weighted by Gasteiger charge is -2.28. The van der Waals surface area contributed by atoms with E-state index in [9.17, 15) is 18.0 Å². The Morgan fingerprint density at radius 1 is 1.10 bits per heavy atom. The van der Waals surface area contributed by atoms with Crippen LogP contribution in [-0.4, -0.2) is 29.7 Å². The molecule has 0 aromatic rings. The largest absolute Gasteiger partial charge is 0.405 e. The minimum atomic E-state index is -4.28. The van der Waals surface area contributed by atoms with Crippen molar-refractivity contribution in [1.82, 2.24) is 10.4 Å². The third-order valence-corrected chi connectivity index (χ3v) is 3.93. The molecule has 124 valence electrons. The molecule has 1 heterocycles. The monoisotopic (exact) mass is 308 g/mol. The first-order valence-corrected chi connectivity index (χ1v) is 8.08. The molecular formula is C15H27F3N2O. The molecule has 1 aliphatic rings. The molecule has 1 rings (SSSR count). The van der Waals surface area contributed by atoms with E-state index < -0.39 is 12.2 Å². The van der Waals surface area contributed by atoms with Gasteiger partial charge in [0.2, 0.25) is 5.91 Å². The van der Waals surface area contributed by atoms with Gasteiger partial charge >= 0.3 is 6.18 Å². The summed E-state index contributed by atoms with van der Waals surface area (Å²) in [7, 11) is 0. The highest BCUT2D eigenvalue weighted by atomic mass is 19.4. The predicted molar refractivity (Wildman–Crippen MR) is 76.5 cm³/mol. The molecule has 0 aliphatic carbocycles. The number of rotatable bonds is 10. The van der Waals surface area contributed by atoms with Crippen LogP contribution in [0.5, 0.6) is 0 Å². The van der Waals surface area contributed by atoms with Gasteiger partial charge in [-0.3, -0.25) is 10.2 Å². The summed E-state index contributed by atoms with van der Waals surface area (Å²) < 4.78 is 39.1. The van der Waals surface area contributed by atoms with E-state index in [2.05, 4.69) is 12.3 Å². The molecule has 0 aromatic heterocycles. The van der Waals surface area contributed by atoms with Crippen LogP contribution in [0, 0.1) is 0 Å². The summed E-state index contributed by atoms with van der Waals surface area (Å²) in [6, 6.07) is -1.54. The first-order chi connectivity index (χ1) is 9.95. The number of nitrogens with zero attached hydrogens (tertiary/aromatic N) is 1. The molecule has 0 bridgehead atoms. The number of hydrogen-bond donors (Lipinski definition) is 1. The van der Waals surface area contributed by atoms with Crippen molar-refractivity contribution in [1.29, 1.82) is 0 Å². The third kappa shape index (κ3) is 7.16.